The molecule has 66 valence electrons. The van der Waals surface area contributed by atoms with Crippen LogP contribution in [0.4, 0.5) is 0 Å². The second kappa shape index (κ2) is 6.41. The SMILES string of the molecule is C/C=C/CNCC(C)C(C)C. The molecule has 0 heterocycles. The van der Waals surface area contributed by atoms with E-state index >= 15 is 0 Å². The lowest BCUT2D eigenvalue weighted by Crippen LogP contribution is -2.24. The average Bonchev–Trinajstić information content (AvgIpc) is 1.97. The molecule has 0 saturated heterocycles. The molecule has 1 nitrogen and oxygen atoms in total. The fourth-order valence-corrected chi connectivity index (χ4v) is 0.748. The lowest BCUT2D eigenvalue weighted by atomic mass is 9.98. The molecule has 0 bridgehead atoms. The molecule has 0 saturated carbocycles. The summed E-state index contributed by atoms with van der Waals surface area (Å²) in [7, 11) is 0. The van der Waals surface area contributed by atoms with Gasteiger partial charge < -0.3 is 5.32 Å². The van der Waals surface area contributed by atoms with Crippen molar-refractivity contribution in [3.63, 3.8) is 0 Å². The molecule has 1 N–H and O–H groups in total. The third kappa shape index (κ3) is 6.11. The summed E-state index contributed by atoms with van der Waals surface area (Å²) in [5.74, 6) is 1.56. The maximum atomic E-state index is 3.38. The number of nitrogens with one attached hydrogen (secondary N) is 1. The van der Waals surface area contributed by atoms with Crippen LogP contribution in [0.25, 0.3) is 0 Å². The van der Waals surface area contributed by atoms with Crippen LogP contribution in [-0.4, -0.2) is 13.1 Å². The third-order valence-electron chi connectivity index (χ3n) is 2.10. The predicted molar refractivity (Wildman–Crippen MR) is 51.7 cm³/mol. The minimum Gasteiger partial charge on any atom is -0.313 e. The summed E-state index contributed by atoms with van der Waals surface area (Å²) in [5.41, 5.74) is 0. The van der Waals surface area contributed by atoms with Crippen LogP contribution in [0.2, 0.25) is 0 Å². The van der Waals surface area contributed by atoms with Crippen molar-refractivity contribution in [1.29, 1.82) is 0 Å². The molecule has 0 aliphatic heterocycles. The molecule has 0 aromatic rings. The minimum atomic E-state index is 0.778. The van der Waals surface area contributed by atoms with Gasteiger partial charge in [-0.05, 0) is 25.3 Å². The third-order valence-corrected chi connectivity index (χ3v) is 2.10. The lowest BCUT2D eigenvalue weighted by Gasteiger charge is -2.14. The highest BCUT2D eigenvalue weighted by Gasteiger charge is 2.04. The Balaban J connectivity index is 3.24. The summed E-state index contributed by atoms with van der Waals surface area (Å²) in [5, 5.41) is 3.38. The number of hydrogen-bond acceptors (Lipinski definition) is 1. The van der Waals surface area contributed by atoms with E-state index in [4.69, 9.17) is 0 Å². The van der Waals surface area contributed by atoms with Crippen LogP contribution in [0.5, 0.6) is 0 Å². The molecule has 0 radical (unpaired) electrons. The molecule has 0 aromatic carbocycles. The van der Waals surface area contributed by atoms with Gasteiger partial charge in [-0.3, -0.25) is 0 Å². The molecule has 1 unspecified atom stereocenters. The monoisotopic (exact) mass is 155 g/mol. The Morgan fingerprint density at radius 3 is 2.36 bits per heavy atom. The van der Waals surface area contributed by atoms with Crippen molar-refractivity contribution in [2.45, 2.75) is 27.7 Å². The van der Waals surface area contributed by atoms with E-state index in [0.29, 0.717) is 0 Å². The van der Waals surface area contributed by atoms with Crippen LogP contribution in [0.15, 0.2) is 12.2 Å². The zero-order chi connectivity index (χ0) is 8.69. The normalized spacial score (nSPS) is 14.6. The fourth-order valence-electron chi connectivity index (χ4n) is 0.748. The number of allylic oxidation sites excluding steroid dienone is 1. The van der Waals surface area contributed by atoms with Gasteiger partial charge in [0.2, 0.25) is 0 Å². The van der Waals surface area contributed by atoms with Crippen molar-refractivity contribution in [3.05, 3.63) is 12.2 Å². The summed E-state index contributed by atoms with van der Waals surface area (Å²) in [4.78, 5) is 0. The van der Waals surface area contributed by atoms with Crippen molar-refractivity contribution in [2.24, 2.45) is 11.8 Å². The smallest absolute Gasteiger partial charge is 0.0134 e. The molecule has 11 heavy (non-hydrogen) atoms. The first kappa shape index (κ1) is 10.7. The van der Waals surface area contributed by atoms with Crippen LogP contribution in [0, 0.1) is 11.8 Å². The number of hydrogen-bond donors (Lipinski definition) is 1. The van der Waals surface area contributed by atoms with Gasteiger partial charge in [-0.2, -0.15) is 0 Å². The summed E-state index contributed by atoms with van der Waals surface area (Å²) in [6, 6.07) is 0. The highest BCUT2D eigenvalue weighted by molar-refractivity contribution is 4.79. The van der Waals surface area contributed by atoms with Crippen molar-refractivity contribution in [1.82, 2.24) is 5.32 Å². The van der Waals surface area contributed by atoms with Gasteiger partial charge in [0.1, 0.15) is 0 Å². The Bertz CT molecular complexity index is 105. The Hall–Kier alpha value is -0.300. The van der Waals surface area contributed by atoms with Gasteiger partial charge in [-0.25, -0.2) is 0 Å². The van der Waals surface area contributed by atoms with Crippen molar-refractivity contribution in [2.75, 3.05) is 13.1 Å². The average molecular weight is 155 g/mol. The molecule has 0 amide bonds. The molecule has 1 heteroatoms. The molecule has 0 aliphatic carbocycles. The first-order valence-electron chi connectivity index (χ1n) is 4.50. The van der Waals surface area contributed by atoms with E-state index in [9.17, 15) is 0 Å². The first-order valence-corrected chi connectivity index (χ1v) is 4.50. The van der Waals surface area contributed by atoms with Crippen molar-refractivity contribution >= 4 is 0 Å². The van der Waals surface area contributed by atoms with Crippen LogP contribution < -0.4 is 5.32 Å². The second-order valence-corrected chi connectivity index (χ2v) is 3.45. The molecule has 1 atom stereocenters. The van der Waals surface area contributed by atoms with E-state index in [1.54, 1.807) is 0 Å². The molecule has 0 aliphatic rings. The van der Waals surface area contributed by atoms with Gasteiger partial charge in [-0.1, -0.05) is 32.9 Å². The van der Waals surface area contributed by atoms with Gasteiger partial charge in [0.25, 0.3) is 0 Å². The van der Waals surface area contributed by atoms with Gasteiger partial charge >= 0.3 is 0 Å². The van der Waals surface area contributed by atoms with E-state index in [-0.39, 0.29) is 0 Å². The summed E-state index contributed by atoms with van der Waals surface area (Å²) >= 11 is 0. The van der Waals surface area contributed by atoms with E-state index in [1.807, 2.05) is 6.92 Å². The van der Waals surface area contributed by atoms with Crippen molar-refractivity contribution < 1.29 is 0 Å². The van der Waals surface area contributed by atoms with Gasteiger partial charge in [0.15, 0.2) is 0 Å². The van der Waals surface area contributed by atoms with Crippen molar-refractivity contribution in [3.8, 4) is 0 Å². The zero-order valence-electron chi connectivity index (χ0n) is 8.22. The van der Waals surface area contributed by atoms with Crippen LogP contribution in [0.1, 0.15) is 27.7 Å². The Kier molecular flexibility index (Phi) is 6.24. The topological polar surface area (TPSA) is 12.0 Å². The minimum absolute atomic E-state index is 0.778. The maximum Gasteiger partial charge on any atom is 0.0134 e. The van der Waals surface area contributed by atoms with Gasteiger partial charge in [0, 0.05) is 6.54 Å². The van der Waals surface area contributed by atoms with Gasteiger partial charge in [-0.15, -0.1) is 0 Å². The van der Waals surface area contributed by atoms with Gasteiger partial charge in [0.05, 0.1) is 0 Å². The van der Waals surface area contributed by atoms with Crippen LogP contribution in [-0.2, 0) is 0 Å². The molecule has 0 rings (SSSR count). The highest BCUT2D eigenvalue weighted by Crippen LogP contribution is 2.06. The Morgan fingerprint density at radius 2 is 1.91 bits per heavy atom. The number of rotatable bonds is 5. The fraction of sp³-hybridized carbons (Fsp3) is 0.800. The molecule has 0 aromatic heterocycles. The van der Waals surface area contributed by atoms with E-state index < -0.39 is 0 Å². The van der Waals surface area contributed by atoms with E-state index in [1.165, 1.54) is 0 Å². The zero-order valence-corrected chi connectivity index (χ0v) is 8.22. The largest absolute Gasteiger partial charge is 0.313 e. The molecule has 0 fully saturated rings. The molecular weight excluding hydrogens is 134 g/mol. The molecular formula is C10H21N. The standard InChI is InChI=1S/C10H21N/c1-5-6-7-11-8-10(4)9(2)3/h5-6,9-11H,7-8H2,1-4H3/b6-5+. The maximum absolute atomic E-state index is 3.38. The van der Waals surface area contributed by atoms with Crippen LogP contribution >= 0.6 is 0 Å². The van der Waals surface area contributed by atoms with E-state index in [2.05, 4.69) is 38.2 Å². The lowest BCUT2D eigenvalue weighted by molar-refractivity contribution is 0.400. The Labute approximate surface area is 70.9 Å². The summed E-state index contributed by atoms with van der Waals surface area (Å²) in [6.45, 7) is 11.0. The first-order chi connectivity index (χ1) is 5.18. The molecule has 0 spiro atoms. The Morgan fingerprint density at radius 1 is 1.27 bits per heavy atom. The second-order valence-electron chi connectivity index (χ2n) is 3.45. The predicted octanol–water partition coefficient (Wildman–Crippen LogP) is 2.44. The highest BCUT2D eigenvalue weighted by atomic mass is 14.8. The quantitative estimate of drug-likeness (QED) is 0.475. The van der Waals surface area contributed by atoms with Crippen LogP contribution in [0.3, 0.4) is 0 Å². The summed E-state index contributed by atoms with van der Waals surface area (Å²) in [6.07, 6.45) is 4.22. The summed E-state index contributed by atoms with van der Waals surface area (Å²) < 4.78 is 0. The van der Waals surface area contributed by atoms with E-state index in [0.717, 1.165) is 24.9 Å².